The molecular weight excluding hydrogens is 339 g/mol. The molecule has 0 N–H and O–H groups in total. The Bertz CT molecular complexity index is 881. The highest BCUT2D eigenvalue weighted by atomic mass is 32.2. The van der Waals surface area contributed by atoms with Crippen LogP contribution in [0.5, 0.6) is 0 Å². The van der Waals surface area contributed by atoms with E-state index in [1.54, 1.807) is 23.9 Å². The first-order chi connectivity index (χ1) is 12.2. The van der Waals surface area contributed by atoms with Crippen molar-refractivity contribution >= 4 is 11.8 Å². The van der Waals surface area contributed by atoms with E-state index >= 15 is 0 Å². The van der Waals surface area contributed by atoms with Gasteiger partial charge in [-0.1, -0.05) is 16.9 Å². The Hall–Kier alpha value is -2.25. The molecule has 0 aliphatic carbocycles. The van der Waals surface area contributed by atoms with E-state index < -0.39 is 0 Å². The van der Waals surface area contributed by atoms with Gasteiger partial charge in [0, 0.05) is 49.4 Å². The number of thioether (sulfide) groups is 1. The number of hydrogen-bond acceptors (Lipinski definition) is 6. The number of benzene rings is 1. The van der Waals surface area contributed by atoms with Crippen LogP contribution >= 0.6 is 11.8 Å². The van der Waals surface area contributed by atoms with Gasteiger partial charge in [0.25, 0.3) is 0 Å². The monoisotopic (exact) mass is 356 g/mol. The fourth-order valence-corrected chi connectivity index (χ4v) is 3.31. The number of hydrogen-bond donors (Lipinski definition) is 0. The normalized spacial score (nSPS) is 14.5. The zero-order chi connectivity index (χ0) is 17.2. The van der Waals surface area contributed by atoms with Crippen molar-refractivity contribution in [2.75, 3.05) is 12.8 Å². The van der Waals surface area contributed by atoms with Crippen LogP contribution < -0.4 is 0 Å². The van der Waals surface area contributed by atoms with Crippen molar-refractivity contribution in [1.82, 2.24) is 20.0 Å². The average molecular weight is 356 g/mol. The summed E-state index contributed by atoms with van der Waals surface area (Å²) in [6.07, 6.45) is 4.82. The summed E-state index contributed by atoms with van der Waals surface area (Å²) in [6.45, 7) is 2.44. The lowest BCUT2D eigenvalue weighted by Crippen LogP contribution is -2.31. The van der Waals surface area contributed by atoms with Crippen molar-refractivity contribution in [1.29, 1.82) is 0 Å². The van der Waals surface area contributed by atoms with Crippen LogP contribution in [-0.2, 0) is 19.5 Å². The molecule has 0 saturated carbocycles. The first kappa shape index (κ1) is 16.2. The molecule has 0 spiro atoms. The SMILES string of the molecule is CSc1ncc2c(n1)CCN(Cc1cc(-c3ccc(F)cc3)on1)C2. The zero-order valence-electron chi connectivity index (χ0n) is 13.8. The van der Waals surface area contributed by atoms with E-state index in [0.29, 0.717) is 12.3 Å². The number of fused-ring (bicyclic) bond motifs is 1. The van der Waals surface area contributed by atoms with Crippen molar-refractivity contribution in [2.24, 2.45) is 0 Å². The Morgan fingerprint density at radius 1 is 1.28 bits per heavy atom. The van der Waals surface area contributed by atoms with E-state index in [-0.39, 0.29) is 5.82 Å². The van der Waals surface area contributed by atoms with E-state index in [9.17, 15) is 4.39 Å². The molecule has 0 atom stereocenters. The van der Waals surface area contributed by atoms with Gasteiger partial charge >= 0.3 is 0 Å². The minimum atomic E-state index is -0.262. The number of nitrogens with zero attached hydrogens (tertiary/aromatic N) is 4. The summed E-state index contributed by atoms with van der Waals surface area (Å²) in [5.74, 6) is 0.391. The molecule has 0 bridgehead atoms. The molecule has 1 aliphatic heterocycles. The molecule has 0 amide bonds. The van der Waals surface area contributed by atoms with E-state index in [1.165, 1.54) is 17.7 Å². The van der Waals surface area contributed by atoms with Crippen LogP contribution in [0.2, 0.25) is 0 Å². The Kier molecular flexibility index (Phi) is 4.50. The molecule has 128 valence electrons. The van der Waals surface area contributed by atoms with E-state index in [1.807, 2.05) is 18.5 Å². The Morgan fingerprint density at radius 2 is 2.12 bits per heavy atom. The van der Waals surface area contributed by atoms with Crippen molar-refractivity contribution in [3.8, 4) is 11.3 Å². The van der Waals surface area contributed by atoms with Crippen molar-refractivity contribution in [2.45, 2.75) is 24.7 Å². The predicted molar refractivity (Wildman–Crippen MR) is 93.5 cm³/mol. The van der Waals surface area contributed by atoms with E-state index in [4.69, 9.17) is 4.52 Å². The summed E-state index contributed by atoms with van der Waals surface area (Å²) >= 11 is 1.56. The van der Waals surface area contributed by atoms with Crippen molar-refractivity contribution in [3.05, 3.63) is 59.3 Å². The third kappa shape index (κ3) is 3.57. The number of halogens is 1. The summed E-state index contributed by atoms with van der Waals surface area (Å²) in [5.41, 5.74) is 4.00. The molecule has 5 nitrogen and oxygen atoms in total. The number of aromatic nitrogens is 3. The van der Waals surface area contributed by atoms with Crippen molar-refractivity contribution in [3.63, 3.8) is 0 Å². The second-order valence-electron chi connectivity index (χ2n) is 5.98. The fourth-order valence-electron chi connectivity index (χ4n) is 2.96. The molecule has 7 heteroatoms. The van der Waals surface area contributed by atoms with Gasteiger partial charge in [0.1, 0.15) is 5.82 Å². The molecule has 1 aromatic carbocycles. The Balaban J connectivity index is 1.45. The smallest absolute Gasteiger partial charge is 0.187 e. The van der Waals surface area contributed by atoms with Gasteiger partial charge in [0.15, 0.2) is 10.9 Å². The quantitative estimate of drug-likeness (QED) is 0.526. The second-order valence-corrected chi connectivity index (χ2v) is 6.75. The lowest BCUT2D eigenvalue weighted by atomic mass is 10.1. The molecule has 0 radical (unpaired) electrons. The van der Waals surface area contributed by atoms with Crippen LogP contribution in [0.1, 0.15) is 17.0 Å². The first-order valence-corrected chi connectivity index (χ1v) is 9.26. The first-order valence-electron chi connectivity index (χ1n) is 8.04. The standard InChI is InChI=1S/C18H17FN4OS/c1-25-18-20-9-13-10-23(7-6-16(13)21-18)11-15-8-17(24-22-15)12-2-4-14(19)5-3-12/h2-5,8-9H,6-7,10-11H2,1H3. The lowest BCUT2D eigenvalue weighted by molar-refractivity contribution is 0.234. The molecule has 0 fully saturated rings. The molecular formula is C18H17FN4OS. The molecule has 1 aliphatic rings. The summed E-state index contributed by atoms with van der Waals surface area (Å²) in [7, 11) is 0. The molecule has 3 aromatic rings. The van der Waals surface area contributed by atoms with Gasteiger partial charge in [-0.3, -0.25) is 4.90 Å². The summed E-state index contributed by atoms with van der Waals surface area (Å²) in [5, 5.41) is 4.97. The maximum atomic E-state index is 13.0. The van der Waals surface area contributed by atoms with Crippen LogP contribution in [-0.4, -0.2) is 32.8 Å². The Morgan fingerprint density at radius 3 is 2.92 bits per heavy atom. The fraction of sp³-hybridized carbons (Fsp3) is 0.278. The van der Waals surface area contributed by atoms with Crippen LogP contribution in [0.3, 0.4) is 0 Å². The van der Waals surface area contributed by atoms with E-state index in [0.717, 1.165) is 41.6 Å². The van der Waals surface area contributed by atoms with Gasteiger partial charge in [-0.05, 0) is 30.5 Å². The lowest BCUT2D eigenvalue weighted by Gasteiger charge is -2.27. The van der Waals surface area contributed by atoms with Gasteiger partial charge in [-0.2, -0.15) is 0 Å². The van der Waals surface area contributed by atoms with Gasteiger partial charge in [-0.25, -0.2) is 14.4 Å². The molecule has 2 aromatic heterocycles. The topological polar surface area (TPSA) is 55.1 Å². The van der Waals surface area contributed by atoms with Crippen LogP contribution in [0.25, 0.3) is 11.3 Å². The minimum absolute atomic E-state index is 0.262. The van der Waals surface area contributed by atoms with Crippen molar-refractivity contribution < 1.29 is 8.91 Å². The Labute approximate surface area is 149 Å². The molecule has 25 heavy (non-hydrogen) atoms. The summed E-state index contributed by atoms with van der Waals surface area (Å²) in [6, 6.07) is 8.13. The zero-order valence-corrected chi connectivity index (χ0v) is 14.6. The second kappa shape index (κ2) is 6.93. The molecule has 4 rings (SSSR count). The van der Waals surface area contributed by atoms with Crippen LogP contribution in [0, 0.1) is 5.82 Å². The summed E-state index contributed by atoms with van der Waals surface area (Å²) < 4.78 is 18.4. The highest BCUT2D eigenvalue weighted by Gasteiger charge is 2.20. The highest BCUT2D eigenvalue weighted by Crippen LogP contribution is 2.23. The summed E-state index contributed by atoms with van der Waals surface area (Å²) in [4.78, 5) is 11.3. The predicted octanol–water partition coefficient (Wildman–Crippen LogP) is 3.55. The van der Waals surface area contributed by atoms with Gasteiger partial charge in [0.05, 0.1) is 11.4 Å². The number of rotatable bonds is 4. The molecule has 3 heterocycles. The minimum Gasteiger partial charge on any atom is -0.356 e. The third-order valence-electron chi connectivity index (χ3n) is 4.25. The van der Waals surface area contributed by atoms with Gasteiger partial charge in [-0.15, -0.1) is 0 Å². The highest BCUT2D eigenvalue weighted by molar-refractivity contribution is 7.98. The van der Waals surface area contributed by atoms with E-state index in [2.05, 4.69) is 20.0 Å². The average Bonchev–Trinajstić information content (AvgIpc) is 3.10. The largest absolute Gasteiger partial charge is 0.356 e. The van der Waals surface area contributed by atoms with Gasteiger partial charge in [0.2, 0.25) is 0 Å². The van der Waals surface area contributed by atoms with Crippen LogP contribution in [0.15, 0.2) is 46.2 Å². The van der Waals surface area contributed by atoms with Crippen LogP contribution in [0.4, 0.5) is 4.39 Å². The third-order valence-corrected chi connectivity index (χ3v) is 4.81. The maximum absolute atomic E-state index is 13.0. The molecule has 0 unspecified atom stereocenters. The maximum Gasteiger partial charge on any atom is 0.187 e. The van der Waals surface area contributed by atoms with Gasteiger partial charge < -0.3 is 4.52 Å². The molecule has 0 saturated heterocycles.